The Hall–Kier alpha value is -1.31. The maximum absolute atomic E-state index is 11.8. The van der Waals surface area contributed by atoms with Crippen LogP contribution in [0.3, 0.4) is 0 Å². The molecule has 0 unspecified atom stereocenters. The highest BCUT2D eigenvalue weighted by Crippen LogP contribution is 2.38. The molecule has 1 aromatic rings. The summed E-state index contributed by atoms with van der Waals surface area (Å²) in [4.78, 5) is 13.8. The molecule has 0 aliphatic carbocycles. The highest BCUT2D eigenvalue weighted by molar-refractivity contribution is 6.03. The standard InChI is InChI=1S/C12H13NO/c1-8-5-6-9-3-2-4-10-7-11(14)13(8)12(9)10/h2-4,8H,5-7H2,1H3/t8-/m0/s1. The maximum atomic E-state index is 11.8. The lowest BCUT2D eigenvalue weighted by atomic mass is 9.96. The number of aryl methyl sites for hydroxylation is 1. The lowest BCUT2D eigenvalue weighted by Gasteiger charge is -2.31. The number of amides is 1. The maximum Gasteiger partial charge on any atom is 0.231 e. The zero-order chi connectivity index (χ0) is 9.71. The first kappa shape index (κ1) is 8.04. The van der Waals surface area contributed by atoms with E-state index in [9.17, 15) is 4.79 Å². The lowest BCUT2D eigenvalue weighted by molar-refractivity contribution is -0.117. The number of carbonyl (C=O) groups excluding carboxylic acids is 1. The van der Waals surface area contributed by atoms with Crippen LogP contribution in [0.15, 0.2) is 18.2 Å². The van der Waals surface area contributed by atoms with E-state index in [2.05, 4.69) is 25.1 Å². The van der Waals surface area contributed by atoms with Crippen molar-refractivity contribution in [2.75, 3.05) is 4.90 Å². The fourth-order valence-electron chi connectivity index (χ4n) is 2.63. The predicted octanol–water partition coefficient (Wildman–Crippen LogP) is 1.91. The first-order valence-corrected chi connectivity index (χ1v) is 5.20. The highest BCUT2D eigenvalue weighted by Gasteiger charge is 2.35. The first-order chi connectivity index (χ1) is 6.77. The first-order valence-electron chi connectivity index (χ1n) is 5.20. The van der Waals surface area contributed by atoms with E-state index in [1.54, 1.807) is 0 Å². The van der Waals surface area contributed by atoms with Gasteiger partial charge in [-0.05, 0) is 30.9 Å². The Morgan fingerprint density at radius 2 is 2.14 bits per heavy atom. The van der Waals surface area contributed by atoms with Crippen molar-refractivity contribution < 1.29 is 4.79 Å². The summed E-state index contributed by atoms with van der Waals surface area (Å²) in [5.74, 6) is 0.277. The van der Waals surface area contributed by atoms with E-state index >= 15 is 0 Å². The zero-order valence-electron chi connectivity index (χ0n) is 8.29. The molecule has 3 rings (SSSR count). The number of benzene rings is 1. The minimum atomic E-state index is 0.277. The van der Waals surface area contributed by atoms with Crippen LogP contribution >= 0.6 is 0 Å². The van der Waals surface area contributed by atoms with Gasteiger partial charge in [0.05, 0.1) is 12.1 Å². The van der Waals surface area contributed by atoms with Gasteiger partial charge < -0.3 is 4.90 Å². The SMILES string of the molecule is C[C@H]1CCc2cccc3c2N1C(=O)C3. The number of carbonyl (C=O) groups is 1. The Balaban J connectivity index is 2.24. The van der Waals surface area contributed by atoms with Crippen LogP contribution in [0.4, 0.5) is 5.69 Å². The number of anilines is 1. The van der Waals surface area contributed by atoms with Gasteiger partial charge in [0.15, 0.2) is 0 Å². The van der Waals surface area contributed by atoms with E-state index in [0.717, 1.165) is 12.8 Å². The molecule has 1 aromatic carbocycles. The summed E-state index contributed by atoms with van der Waals surface area (Å²) in [6.07, 6.45) is 2.82. The van der Waals surface area contributed by atoms with Crippen LogP contribution in [0.2, 0.25) is 0 Å². The monoisotopic (exact) mass is 187 g/mol. The molecule has 1 atom stereocenters. The minimum Gasteiger partial charge on any atom is -0.309 e. The molecule has 2 heteroatoms. The third kappa shape index (κ3) is 0.884. The molecule has 0 bridgehead atoms. The van der Waals surface area contributed by atoms with E-state index in [1.807, 2.05) is 4.90 Å². The second kappa shape index (κ2) is 2.59. The van der Waals surface area contributed by atoms with Crippen LogP contribution in [-0.2, 0) is 17.6 Å². The van der Waals surface area contributed by atoms with Crippen molar-refractivity contribution in [1.82, 2.24) is 0 Å². The van der Waals surface area contributed by atoms with Crippen LogP contribution in [0, 0.1) is 0 Å². The van der Waals surface area contributed by atoms with Gasteiger partial charge in [0.2, 0.25) is 5.91 Å². The lowest BCUT2D eigenvalue weighted by Crippen LogP contribution is -2.39. The molecule has 0 N–H and O–H groups in total. The number of rotatable bonds is 0. The molecule has 2 heterocycles. The summed E-state index contributed by atoms with van der Waals surface area (Å²) in [6.45, 7) is 2.14. The van der Waals surface area contributed by atoms with Crippen LogP contribution in [0.25, 0.3) is 0 Å². The van der Waals surface area contributed by atoms with Gasteiger partial charge >= 0.3 is 0 Å². The average molecular weight is 187 g/mol. The summed E-state index contributed by atoms with van der Waals surface area (Å²) >= 11 is 0. The Morgan fingerprint density at radius 3 is 3.00 bits per heavy atom. The van der Waals surface area contributed by atoms with E-state index in [-0.39, 0.29) is 5.91 Å². The molecule has 2 aliphatic heterocycles. The molecule has 72 valence electrons. The van der Waals surface area contributed by atoms with Gasteiger partial charge in [0, 0.05) is 6.04 Å². The Morgan fingerprint density at radius 1 is 1.36 bits per heavy atom. The Kier molecular flexibility index (Phi) is 1.49. The average Bonchev–Trinajstić information content (AvgIpc) is 2.51. The summed E-state index contributed by atoms with van der Waals surface area (Å²) in [5, 5.41) is 0. The third-order valence-corrected chi connectivity index (χ3v) is 3.33. The third-order valence-electron chi connectivity index (χ3n) is 3.33. The zero-order valence-corrected chi connectivity index (χ0v) is 8.29. The summed E-state index contributed by atoms with van der Waals surface area (Å²) in [5.41, 5.74) is 3.79. The van der Waals surface area contributed by atoms with Crippen molar-refractivity contribution in [3.05, 3.63) is 29.3 Å². The number of hydrogen-bond acceptors (Lipinski definition) is 1. The van der Waals surface area contributed by atoms with Crippen molar-refractivity contribution in [1.29, 1.82) is 0 Å². The van der Waals surface area contributed by atoms with E-state index < -0.39 is 0 Å². The minimum absolute atomic E-state index is 0.277. The van der Waals surface area contributed by atoms with Gasteiger partial charge in [-0.25, -0.2) is 0 Å². The fraction of sp³-hybridized carbons (Fsp3) is 0.417. The molecule has 14 heavy (non-hydrogen) atoms. The van der Waals surface area contributed by atoms with Gasteiger partial charge in [-0.2, -0.15) is 0 Å². The van der Waals surface area contributed by atoms with Crippen LogP contribution in [0.5, 0.6) is 0 Å². The van der Waals surface area contributed by atoms with Gasteiger partial charge in [0.1, 0.15) is 0 Å². The predicted molar refractivity (Wildman–Crippen MR) is 55.4 cm³/mol. The molecule has 0 saturated carbocycles. The van der Waals surface area contributed by atoms with Crippen molar-refractivity contribution in [2.24, 2.45) is 0 Å². The number of nitrogens with zero attached hydrogens (tertiary/aromatic N) is 1. The Bertz CT molecular complexity index is 411. The number of hydrogen-bond donors (Lipinski definition) is 0. The van der Waals surface area contributed by atoms with Gasteiger partial charge in [-0.1, -0.05) is 18.2 Å². The quantitative estimate of drug-likeness (QED) is 0.607. The molecule has 2 nitrogen and oxygen atoms in total. The van der Waals surface area contributed by atoms with E-state index in [0.29, 0.717) is 12.5 Å². The summed E-state index contributed by atoms with van der Waals surface area (Å²) in [7, 11) is 0. The fourth-order valence-corrected chi connectivity index (χ4v) is 2.63. The molecule has 0 radical (unpaired) electrons. The summed E-state index contributed by atoms with van der Waals surface area (Å²) in [6, 6.07) is 6.69. The largest absolute Gasteiger partial charge is 0.309 e. The van der Waals surface area contributed by atoms with Crippen LogP contribution in [-0.4, -0.2) is 11.9 Å². The molecule has 0 saturated heterocycles. The second-order valence-corrected chi connectivity index (χ2v) is 4.25. The van der Waals surface area contributed by atoms with Crippen molar-refractivity contribution in [3.63, 3.8) is 0 Å². The molecule has 0 aromatic heterocycles. The van der Waals surface area contributed by atoms with E-state index in [4.69, 9.17) is 0 Å². The highest BCUT2D eigenvalue weighted by atomic mass is 16.2. The number of para-hydroxylation sites is 1. The van der Waals surface area contributed by atoms with Crippen molar-refractivity contribution >= 4 is 11.6 Å². The van der Waals surface area contributed by atoms with Gasteiger partial charge in [-0.15, -0.1) is 0 Å². The normalized spacial score (nSPS) is 23.9. The molecule has 2 aliphatic rings. The Labute approximate surface area is 83.5 Å². The molecule has 0 spiro atoms. The molecule has 0 fully saturated rings. The van der Waals surface area contributed by atoms with Crippen molar-refractivity contribution in [2.45, 2.75) is 32.2 Å². The van der Waals surface area contributed by atoms with Crippen LogP contribution < -0.4 is 4.90 Å². The van der Waals surface area contributed by atoms with E-state index in [1.165, 1.54) is 16.8 Å². The smallest absolute Gasteiger partial charge is 0.231 e. The topological polar surface area (TPSA) is 20.3 Å². The molecular weight excluding hydrogens is 174 g/mol. The van der Waals surface area contributed by atoms with Gasteiger partial charge in [-0.3, -0.25) is 4.79 Å². The van der Waals surface area contributed by atoms with Crippen LogP contribution in [0.1, 0.15) is 24.5 Å². The second-order valence-electron chi connectivity index (χ2n) is 4.25. The molecule has 1 amide bonds. The molecular formula is C12H13NO. The summed E-state index contributed by atoms with van der Waals surface area (Å²) < 4.78 is 0. The van der Waals surface area contributed by atoms with Crippen molar-refractivity contribution in [3.8, 4) is 0 Å². The van der Waals surface area contributed by atoms with Gasteiger partial charge in [0.25, 0.3) is 0 Å².